The molecule has 21 heavy (non-hydrogen) atoms. The molecule has 0 aromatic carbocycles. The molecule has 2 aromatic rings. The summed E-state index contributed by atoms with van der Waals surface area (Å²) in [6.07, 6.45) is 0.736. The molecular formula is C12H18N4O3S2. The number of nitrogens with one attached hydrogen (secondary N) is 1. The second-order valence-corrected chi connectivity index (χ2v) is 7.79. The molecule has 0 bridgehead atoms. The Morgan fingerprint density at radius 3 is 2.71 bits per heavy atom. The number of thiophene rings is 1. The predicted molar refractivity (Wildman–Crippen MR) is 83.5 cm³/mol. The number of hydrogen-bond acceptors (Lipinski definition) is 5. The summed E-state index contributed by atoms with van der Waals surface area (Å²) in [5.74, 6) is 0.335. The van der Waals surface area contributed by atoms with Gasteiger partial charge in [0.2, 0.25) is 0 Å². The molecule has 0 aliphatic carbocycles. The zero-order valence-electron chi connectivity index (χ0n) is 12.2. The van der Waals surface area contributed by atoms with E-state index < -0.39 is 10.2 Å². The summed E-state index contributed by atoms with van der Waals surface area (Å²) >= 11 is 1.31. The first kappa shape index (κ1) is 16.1. The van der Waals surface area contributed by atoms with Gasteiger partial charge in [-0.1, -0.05) is 6.92 Å². The molecule has 1 N–H and O–H groups in total. The first-order valence-corrected chi connectivity index (χ1v) is 8.78. The number of H-pyrrole nitrogens is 1. The van der Waals surface area contributed by atoms with E-state index in [9.17, 15) is 13.2 Å². The Kier molecular flexibility index (Phi) is 4.77. The molecule has 0 atom stereocenters. The molecule has 0 amide bonds. The minimum atomic E-state index is -3.54. The topological polar surface area (TPSA) is 86.4 Å². The molecule has 9 heteroatoms. The molecule has 0 aliphatic rings. The lowest BCUT2D eigenvalue weighted by molar-refractivity contribution is 0.384. The lowest BCUT2D eigenvalue weighted by Crippen LogP contribution is -2.40. The molecule has 2 heterocycles. The van der Waals surface area contributed by atoms with Crippen LogP contribution in [0.25, 0.3) is 10.2 Å². The van der Waals surface area contributed by atoms with E-state index in [0.717, 1.165) is 6.42 Å². The highest BCUT2D eigenvalue weighted by Gasteiger charge is 2.23. The van der Waals surface area contributed by atoms with Crippen molar-refractivity contribution >= 4 is 31.8 Å². The summed E-state index contributed by atoms with van der Waals surface area (Å²) in [6.45, 7) is 2.38. The van der Waals surface area contributed by atoms with Crippen molar-refractivity contribution in [2.45, 2.75) is 19.9 Å². The molecule has 0 saturated heterocycles. The van der Waals surface area contributed by atoms with Crippen molar-refractivity contribution in [3.8, 4) is 0 Å². The molecule has 7 nitrogen and oxygen atoms in total. The summed E-state index contributed by atoms with van der Waals surface area (Å²) in [5, 5.41) is 1.78. The number of rotatable bonds is 6. The number of nitrogens with zero attached hydrogens (tertiary/aromatic N) is 3. The van der Waals surface area contributed by atoms with Gasteiger partial charge in [-0.15, -0.1) is 11.3 Å². The van der Waals surface area contributed by atoms with Crippen LogP contribution in [0.4, 0.5) is 0 Å². The van der Waals surface area contributed by atoms with Crippen molar-refractivity contribution in [2.75, 3.05) is 20.6 Å². The van der Waals surface area contributed by atoms with Crippen molar-refractivity contribution < 1.29 is 8.42 Å². The Morgan fingerprint density at radius 1 is 1.33 bits per heavy atom. The average Bonchev–Trinajstić information content (AvgIpc) is 2.87. The largest absolute Gasteiger partial charge is 0.308 e. The highest BCUT2D eigenvalue weighted by atomic mass is 32.2. The number of aromatic nitrogens is 2. The lowest BCUT2D eigenvalue weighted by atomic mass is 10.4. The van der Waals surface area contributed by atoms with Gasteiger partial charge in [0.05, 0.1) is 12.1 Å². The predicted octanol–water partition coefficient (Wildman–Crippen LogP) is 1.00. The Balaban J connectivity index is 2.25. The highest BCUT2D eigenvalue weighted by Crippen LogP contribution is 2.15. The molecule has 0 fully saturated rings. The average molecular weight is 330 g/mol. The maximum Gasteiger partial charge on any atom is 0.281 e. The van der Waals surface area contributed by atoms with Gasteiger partial charge in [-0.2, -0.15) is 17.0 Å². The second-order valence-electron chi connectivity index (χ2n) is 4.73. The van der Waals surface area contributed by atoms with Gasteiger partial charge in [-0.05, 0) is 17.9 Å². The van der Waals surface area contributed by atoms with Gasteiger partial charge in [0.15, 0.2) is 0 Å². The van der Waals surface area contributed by atoms with Crippen molar-refractivity contribution in [2.24, 2.45) is 0 Å². The first-order chi connectivity index (χ1) is 9.86. The van der Waals surface area contributed by atoms with Crippen LogP contribution in [-0.4, -0.2) is 47.6 Å². The third-order valence-electron chi connectivity index (χ3n) is 3.06. The van der Waals surface area contributed by atoms with E-state index in [1.807, 2.05) is 6.92 Å². The Morgan fingerprint density at radius 2 is 2.05 bits per heavy atom. The molecule has 0 spiro atoms. The Bertz CT molecular complexity index is 781. The highest BCUT2D eigenvalue weighted by molar-refractivity contribution is 7.86. The molecule has 0 radical (unpaired) electrons. The van der Waals surface area contributed by atoms with Crippen molar-refractivity contribution in [1.29, 1.82) is 0 Å². The first-order valence-electron chi connectivity index (χ1n) is 6.50. The molecule has 2 aromatic heterocycles. The fourth-order valence-electron chi connectivity index (χ4n) is 1.96. The van der Waals surface area contributed by atoms with Gasteiger partial charge < -0.3 is 4.98 Å². The van der Waals surface area contributed by atoms with Crippen LogP contribution < -0.4 is 5.56 Å². The monoisotopic (exact) mass is 330 g/mol. The molecule has 116 valence electrons. The minimum Gasteiger partial charge on any atom is -0.308 e. The van der Waals surface area contributed by atoms with E-state index in [-0.39, 0.29) is 12.1 Å². The Hall–Kier alpha value is -1.29. The maximum absolute atomic E-state index is 12.3. The number of fused-ring (bicyclic) bond motifs is 1. The van der Waals surface area contributed by atoms with Gasteiger partial charge in [0.1, 0.15) is 10.5 Å². The van der Waals surface area contributed by atoms with Crippen LogP contribution in [0.3, 0.4) is 0 Å². The summed E-state index contributed by atoms with van der Waals surface area (Å²) < 4.78 is 27.5. The summed E-state index contributed by atoms with van der Waals surface area (Å²) in [4.78, 5) is 18.8. The van der Waals surface area contributed by atoms with Crippen LogP contribution in [0.2, 0.25) is 0 Å². The molecule has 0 unspecified atom stereocenters. The van der Waals surface area contributed by atoms with E-state index in [0.29, 0.717) is 22.6 Å². The SMILES string of the molecule is CCCN(C)S(=O)(=O)N(C)Cc1nc2ccsc2c(=O)[nH]1. The van der Waals surface area contributed by atoms with Gasteiger partial charge in [-0.25, -0.2) is 4.98 Å². The summed E-state index contributed by atoms with van der Waals surface area (Å²) in [6, 6.07) is 1.75. The standard InChI is InChI=1S/C12H18N4O3S2/c1-4-6-15(2)21(18,19)16(3)8-10-13-9-5-7-20-11(9)12(17)14-10/h5,7H,4,6,8H2,1-3H3,(H,13,14,17). The van der Waals surface area contributed by atoms with Crippen LogP contribution >= 0.6 is 11.3 Å². The van der Waals surface area contributed by atoms with Gasteiger partial charge in [0.25, 0.3) is 15.8 Å². The summed E-state index contributed by atoms with van der Waals surface area (Å²) in [5.41, 5.74) is 0.351. The fourth-order valence-corrected chi connectivity index (χ4v) is 3.86. The normalized spacial score (nSPS) is 12.6. The van der Waals surface area contributed by atoms with Gasteiger partial charge in [-0.3, -0.25) is 4.79 Å². The summed E-state index contributed by atoms with van der Waals surface area (Å²) in [7, 11) is -0.538. The maximum atomic E-state index is 12.3. The zero-order chi connectivity index (χ0) is 15.6. The third-order valence-corrected chi connectivity index (χ3v) is 5.85. The molecular weight excluding hydrogens is 312 g/mol. The minimum absolute atomic E-state index is 0.0252. The fraction of sp³-hybridized carbons (Fsp3) is 0.500. The van der Waals surface area contributed by atoms with Crippen LogP contribution in [0.15, 0.2) is 16.2 Å². The van der Waals surface area contributed by atoms with Crippen LogP contribution in [0, 0.1) is 0 Å². The van der Waals surface area contributed by atoms with E-state index in [4.69, 9.17) is 0 Å². The molecule has 2 rings (SSSR count). The number of aromatic amines is 1. The van der Waals surface area contributed by atoms with Gasteiger partial charge in [0, 0.05) is 20.6 Å². The smallest absolute Gasteiger partial charge is 0.281 e. The van der Waals surface area contributed by atoms with Crippen molar-refractivity contribution in [3.63, 3.8) is 0 Å². The second kappa shape index (κ2) is 6.22. The van der Waals surface area contributed by atoms with E-state index in [2.05, 4.69) is 9.97 Å². The van der Waals surface area contributed by atoms with Crippen LogP contribution in [0.5, 0.6) is 0 Å². The van der Waals surface area contributed by atoms with E-state index >= 15 is 0 Å². The quantitative estimate of drug-likeness (QED) is 0.856. The van der Waals surface area contributed by atoms with Crippen LogP contribution in [0.1, 0.15) is 19.2 Å². The molecule has 0 aliphatic heterocycles. The lowest BCUT2D eigenvalue weighted by Gasteiger charge is -2.23. The van der Waals surface area contributed by atoms with Crippen molar-refractivity contribution in [3.05, 3.63) is 27.6 Å². The van der Waals surface area contributed by atoms with E-state index in [1.165, 1.54) is 34.0 Å². The molecule has 0 saturated carbocycles. The Labute approximate surface area is 127 Å². The third kappa shape index (κ3) is 3.31. The van der Waals surface area contributed by atoms with E-state index in [1.54, 1.807) is 11.4 Å². The van der Waals surface area contributed by atoms with Crippen molar-refractivity contribution in [1.82, 2.24) is 18.6 Å². The van der Waals surface area contributed by atoms with Gasteiger partial charge >= 0.3 is 0 Å². The number of hydrogen-bond donors (Lipinski definition) is 1. The zero-order valence-corrected chi connectivity index (χ0v) is 13.8. The van der Waals surface area contributed by atoms with Crippen LogP contribution in [-0.2, 0) is 16.8 Å².